The Morgan fingerprint density at radius 1 is 1.07 bits per heavy atom. The Balaban J connectivity index is 1.45. The Labute approximate surface area is 162 Å². The van der Waals surface area contributed by atoms with Gasteiger partial charge in [-0.25, -0.2) is 9.78 Å². The van der Waals surface area contributed by atoms with E-state index in [9.17, 15) is 9.59 Å². The van der Waals surface area contributed by atoms with E-state index < -0.39 is 5.97 Å². The van der Waals surface area contributed by atoms with Gasteiger partial charge in [-0.3, -0.25) is 9.48 Å². The molecule has 0 unspecified atom stereocenters. The lowest BCUT2D eigenvalue weighted by Crippen LogP contribution is -2.38. The Morgan fingerprint density at radius 2 is 1.75 bits per heavy atom. The van der Waals surface area contributed by atoms with Crippen molar-refractivity contribution in [1.82, 2.24) is 19.7 Å². The fourth-order valence-corrected chi connectivity index (χ4v) is 3.82. The minimum Gasteiger partial charge on any atom is -0.465 e. The summed E-state index contributed by atoms with van der Waals surface area (Å²) in [5, 5.41) is 5.77. The number of pyridine rings is 1. The summed E-state index contributed by atoms with van der Waals surface area (Å²) in [6.45, 7) is 1.36. The lowest BCUT2D eigenvalue weighted by atomic mass is 9.91. The Kier molecular flexibility index (Phi) is 4.81. The molecule has 0 radical (unpaired) electrons. The Morgan fingerprint density at radius 3 is 2.43 bits per heavy atom. The first kappa shape index (κ1) is 18.2. The summed E-state index contributed by atoms with van der Waals surface area (Å²) in [6, 6.07) is 10.6. The lowest BCUT2D eigenvalue weighted by Gasteiger charge is -2.31. The van der Waals surface area contributed by atoms with Crippen LogP contribution < -0.4 is 0 Å². The Bertz CT molecular complexity index is 1020. The van der Waals surface area contributed by atoms with Crippen molar-refractivity contribution in [3.8, 4) is 0 Å². The summed E-state index contributed by atoms with van der Waals surface area (Å²) >= 11 is 0. The van der Waals surface area contributed by atoms with Gasteiger partial charge in [-0.05, 0) is 49.2 Å². The second kappa shape index (κ2) is 7.42. The summed E-state index contributed by atoms with van der Waals surface area (Å²) in [6.07, 6.45) is 3.51. The zero-order valence-corrected chi connectivity index (χ0v) is 16.0. The van der Waals surface area contributed by atoms with Gasteiger partial charge in [0, 0.05) is 43.2 Å². The number of hydrogen-bond donors (Lipinski definition) is 0. The van der Waals surface area contributed by atoms with Crippen molar-refractivity contribution in [3.63, 3.8) is 0 Å². The van der Waals surface area contributed by atoms with Gasteiger partial charge in [0.25, 0.3) is 5.91 Å². The molecule has 4 rings (SSSR count). The van der Waals surface area contributed by atoms with Crippen LogP contribution in [0.25, 0.3) is 11.0 Å². The summed E-state index contributed by atoms with van der Waals surface area (Å²) in [4.78, 5) is 30.6. The normalized spacial score (nSPS) is 15.0. The van der Waals surface area contributed by atoms with Gasteiger partial charge < -0.3 is 9.64 Å². The highest BCUT2D eigenvalue weighted by molar-refractivity contribution is 5.96. The molecule has 3 aromatic rings. The van der Waals surface area contributed by atoms with Gasteiger partial charge in [0.1, 0.15) is 0 Å². The number of fused-ring (bicyclic) bond motifs is 1. The molecular formula is C21H22N4O3. The molecule has 28 heavy (non-hydrogen) atoms. The van der Waals surface area contributed by atoms with Crippen molar-refractivity contribution in [3.05, 3.63) is 59.4 Å². The van der Waals surface area contributed by atoms with Crippen LogP contribution in [0.4, 0.5) is 0 Å². The zero-order valence-electron chi connectivity index (χ0n) is 16.0. The summed E-state index contributed by atoms with van der Waals surface area (Å²) in [5.41, 5.74) is 2.98. The maximum absolute atomic E-state index is 12.8. The maximum Gasteiger partial charge on any atom is 0.337 e. The number of carbonyl (C=O) groups excluding carboxylic acids is 2. The number of amides is 1. The fourth-order valence-electron chi connectivity index (χ4n) is 3.82. The molecule has 0 bridgehead atoms. The van der Waals surface area contributed by atoms with E-state index in [1.54, 1.807) is 30.5 Å². The molecule has 0 saturated carbocycles. The number of aromatic nitrogens is 3. The average Bonchev–Trinajstić information content (AvgIpc) is 3.10. The van der Waals surface area contributed by atoms with E-state index >= 15 is 0 Å². The number of benzene rings is 1. The van der Waals surface area contributed by atoms with Crippen molar-refractivity contribution in [1.29, 1.82) is 0 Å². The number of nitrogens with zero attached hydrogens (tertiary/aromatic N) is 4. The molecule has 2 aromatic heterocycles. The van der Waals surface area contributed by atoms with Crippen LogP contribution in [-0.4, -0.2) is 51.7 Å². The van der Waals surface area contributed by atoms with E-state index in [1.807, 2.05) is 22.7 Å². The monoisotopic (exact) mass is 378 g/mol. The van der Waals surface area contributed by atoms with Gasteiger partial charge in [0.15, 0.2) is 5.65 Å². The lowest BCUT2D eigenvalue weighted by molar-refractivity contribution is 0.0599. The van der Waals surface area contributed by atoms with E-state index in [1.165, 1.54) is 7.11 Å². The van der Waals surface area contributed by atoms with Crippen molar-refractivity contribution < 1.29 is 14.3 Å². The molecule has 3 heterocycles. The molecular weight excluding hydrogens is 356 g/mol. The molecule has 1 saturated heterocycles. The van der Waals surface area contributed by atoms with Gasteiger partial charge in [-0.1, -0.05) is 0 Å². The third kappa shape index (κ3) is 3.24. The molecule has 7 heteroatoms. The number of ether oxygens (including phenoxy) is 1. The summed E-state index contributed by atoms with van der Waals surface area (Å²) < 4.78 is 6.52. The number of likely N-dealkylation sites (tertiary alicyclic amines) is 1. The third-order valence-electron chi connectivity index (χ3n) is 5.35. The summed E-state index contributed by atoms with van der Waals surface area (Å²) in [7, 11) is 3.25. The van der Waals surface area contributed by atoms with E-state index in [4.69, 9.17) is 4.74 Å². The highest BCUT2D eigenvalue weighted by atomic mass is 16.5. The molecule has 144 valence electrons. The standard InChI is InChI=1S/C21H22N4O3/c1-24-19-17(4-3-11-22-19)18(23-24)14-9-12-25(13-10-14)20(26)15-5-7-16(8-6-15)21(27)28-2/h3-8,11,14H,9-10,12-13H2,1-2H3. The number of rotatable bonds is 3. The first-order valence-electron chi connectivity index (χ1n) is 9.33. The van der Waals surface area contributed by atoms with Gasteiger partial charge in [0.2, 0.25) is 0 Å². The zero-order chi connectivity index (χ0) is 19.7. The predicted octanol–water partition coefficient (Wildman–Crippen LogP) is 2.77. The van der Waals surface area contributed by atoms with Crippen LogP contribution in [0.3, 0.4) is 0 Å². The van der Waals surface area contributed by atoms with Crippen molar-refractivity contribution in [2.75, 3.05) is 20.2 Å². The molecule has 0 atom stereocenters. The number of carbonyl (C=O) groups is 2. The molecule has 7 nitrogen and oxygen atoms in total. The van der Waals surface area contributed by atoms with Gasteiger partial charge in [-0.15, -0.1) is 0 Å². The smallest absolute Gasteiger partial charge is 0.337 e. The number of hydrogen-bond acceptors (Lipinski definition) is 5. The van der Waals surface area contributed by atoms with Crippen LogP contribution in [0.2, 0.25) is 0 Å². The molecule has 1 fully saturated rings. The van der Waals surface area contributed by atoms with E-state index in [0.717, 1.165) is 29.6 Å². The van der Waals surface area contributed by atoms with E-state index in [2.05, 4.69) is 16.1 Å². The number of piperidine rings is 1. The van der Waals surface area contributed by atoms with Crippen molar-refractivity contribution >= 4 is 22.9 Å². The average molecular weight is 378 g/mol. The minimum absolute atomic E-state index is 0.0117. The van der Waals surface area contributed by atoms with Crippen molar-refractivity contribution in [2.24, 2.45) is 7.05 Å². The van der Waals surface area contributed by atoms with Crippen LogP contribution >= 0.6 is 0 Å². The summed E-state index contributed by atoms with van der Waals surface area (Å²) in [5.74, 6) is -0.0991. The first-order chi connectivity index (χ1) is 13.6. The third-order valence-corrected chi connectivity index (χ3v) is 5.35. The quantitative estimate of drug-likeness (QED) is 0.655. The van der Waals surface area contributed by atoms with Crippen LogP contribution in [0.15, 0.2) is 42.6 Å². The molecule has 1 amide bonds. The van der Waals surface area contributed by atoms with Crippen LogP contribution in [0.5, 0.6) is 0 Å². The van der Waals surface area contributed by atoms with Crippen molar-refractivity contribution in [2.45, 2.75) is 18.8 Å². The second-order valence-corrected chi connectivity index (χ2v) is 7.02. The highest BCUT2D eigenvalue weighted by Crippen LogP contribution is 2.32. The first-order valence-corrected chi connectivity index (χ1v) is 9.33. The SMILES string of the molecule is COC(=O)c1ccc(C(=O)N2CCC(c3nn(C)c4ncccc34)CC2)cc1. The molecule has 1 aromatic carbocycles. The molecule has 1 aliphatic heterocycles. The van der Waals surface area contributed by atoms with Gasteiger partial charge in [-0.2, -0.15) is 5.10 Å². The van der Waals surface area contributed by atoms with Crippen LogP contribution in [0, 0.1) is 0 Å². The largest absolute Gasteiger partial charge is 0.465 e. The maximum atomic E-state index is 12.8. The Hall–Kier alpha value is -3.22. The molecule has 1 aliphatic rings. The highest BCUT2D eigenvalue weighted by Gasteiger charge is 2.27. The van der Waals surface area contributed by atoms with Crippen LogP contribution in [0.1, 0.15) is 45.2 Å². The van der Waals surface area contributed by atoms with Gasteiger partial charge >= 0.3 is 5.97 Å². The van der Waals surface area contributed by atoms with E-state index in [0.29, 0.717) is 30.1 Å². The molecule has 0 spiro atoms. The van der Waals surface area contributed by atoms with Crippen LogP contribution in [-0.2, 0) is 11.8 Å². The predicted molar refractivity (Wildman–Crippen MR) is 104 cm³/mol. The number of methoxy groups -OCH3 is 1. The number of aryl methyl sites for hydroxylation is 1. The van der Waals surface area contributed by atoms with Gasteiger partial charge in [0.05, 0.1) is 18.4 Å². The molecule has 0 aliphatic carbocycles. The topological polar surface area (TPSA) is 77.3 Å². The second-order valence-electron chi connectivity index (χ2n) is 7.02. The number of esters is 1. The molecule has 0 N–H and O–H groups in total. The fraction of sp³-hybridized carbons (Fsp3) is 0.333. The minimum atomic E-state index is -0.406. The van der Waals surface area contributed by atoms with E-state index in [-0.39, 0.29) is 5.91 Å².